The number of aliphatic imine (C=N–C) groups is 1. The monoisotopic (exact) mass is 760 g/mol. The highest BCUT2D eigenvalue weighted by molar-refractivity contribution is 6.30. The molecule has 276 valence electrons. The summed E-state index contributed by atoms with van der Waals surface area (Å²) in [5.41, 5.74) is 4.01. The normalized spacial score (nSPS) is 17.3. The summed E-state index contributed by atoms with van der Waals surface area (Å²) in [5, 5.41) is 25.6. The molecule has 0 spiro atoms. The van der Waals surface area contributed by atoms with Crippen molar-refractivity contribution in [3.63, 3.8) is 0 Å². The van der Waals surface area contributed by atoms with Gasteiger partial charge in [-0.1, -0.05) is 53.5 Å². The molecule has 0 aromatic heterocycles. The molecule has 1 fully saturated rings. The molecule has 0 aliphatic carbocycles. The van der Waals surface area contributed by atoms with Crippen LogP contribution in [0.25, 0.3) is 0 Å². The minimum absolute atomic E-state index is 0.0395. The number of halogens is 2. The van der Waals surface area contributed by atoms with Gasteiger partial charge in [0.05, 0.1) is 37.0 Å². The van der Waals surface area contributed by atoms with E-state index in [0.717, 1.165) is 11.1 Å². The number of amidine groups is 1. The van der Waals surface area contributed by atoms with Crippen LogP contribution in [0.2, 0.25) is 10.0 Å². The van der Waals surface area contributed by atoms with Gasteiger partial charge < -0.3 is 25.2 Å². The first kappa shape index (κ1) is 37.4. The Morgan fingerprint density at radius 1 is 0.830 bits per heavy atom. The maximum absolute atomic E-state index is 14.7. The molecule has 0 saturated carbocycles. The average Bonchev–Trinajstić information content (AvgIpc) is 3.55. The average molecular weight is 762 g/mol. The van der Waals surface area contributed by atoms with Crippen molar-refractivity contribution in [1.82, 2.24) is 25.5 Å². The molecule has 2 heterocycles. The number of hydrogen-bond donors (Lipinski definition) is 4. The van der Waals surface area contributed by atoms with Gasteiger partial charge in [-0.2, -0.15) is 0 Å². The number of carbonyl (C=O) groups is 3. The number of amides is 4. The molecular weight excluding hydrogens is 723 g/mol. The van der Waals surface area contributed by atoms with Gasteiger partial charge in [0.1, 0.15) is 29.1 Å². The molecule has 4 aromatic rings. The second-order valence-corrected chi connectivity index (χ2v) is 13.3. The van der Waals surface area contributed by atoms with Crippen LogP contribution >= 0.6 is 23.2 Å². The number of para-hydroxylation sites is 1. The Morgan fingerprint density at radius 3 is 2.06 bits per heavy atom. The van der Waals surface area contributed by atoms with E-state index in [9.17, 15) is 24.6 Å². The first-order valence-electron chi connectivity index (χ1n) is 16.8. The molecule has 6 rings (SSSR count). The van der Waals surface area contributed by atoms with E-state index in [1.54, 1.807) is 46.2 Å². The number of rotatable bonds is 10. The zero-order chi connectivity index (χ0) is 37.6. The van der Waals surface area contributed by atoms with Gasteiger partial charge in [0.2, 0.25) is 0 Å². The third-order valence-corrected chi connectivity index (χ3v) is 9.72. The summed E-state index contributed by atoms with van der Waals surface area (Å²) in [6.07, 6.45) is 0. The van der Waals surface area contributed by atoms with Crippen molar-refractivity contribution in [1.29, 1.82) is 0 Å². The number of urea groups is 1. The van der Waals surface area contributed by atoms with Crippen molar-refractivity contribution in [3.05, 3.63) is 123 Å². The second kappa shape index (κ2) is 16.6. The van der Waals surface area contributed by atoms with Crippen LogP contribution in [0.15, 0.2) is 89.9 Å². The zero-order valence-electron chi connectivity index (χ0n) is 29.0. The molecule has 4 N–H and O–H groups in total. The first-order valence-corrected chi connectivity index (χ1v) is 17.5. The fourth-order valence-corrected chi connectivity index (χ4v) is 6.73. The molecule has 1 saturated heterocycles. The molecule has 2 aliphatic heterocycles. The number of nitrogens with one attached hydrogen (secondary N) is 2. The van der Waals surface area contributed by atoms with E-state index in [4.69, 9.17) is 32.9 Å². The van der Waals surface area contributed by atoms with Crippen LogP contribution in [0.3, 0.4) is 0 Å². The molecule has 4 aromatic carbocycles. The summed E-state index contributed by atoms with van der Waals surface area (Å²) in [6.45, 7) is 2.59. The van der Waals surface area contributed by atoms with Gasteiger partial charge in [-0.05, 0) is 59.7 Å². The fraction of sp³-hybridized carbons (Fsp3) is 0.263. The van der Waals surface area contributed by atoms with E-state index < -0.39 is 29.6 Å². The molecule has 15 heteroatoms. The summed E-state index contributed by atoms with van der Waals surface area (Å²) in [6, 6.07) is 22.4. The number of benzene rings is 4. The van der Waals surface area contributed by atoms with Gasteiger partial charge in [0.15, 0.2) is 0 Å². The van der Waals surface area contributed by atoms with Crippen LogP contribution in [0, 0.1) is 0 Å². The van der Waals surface area contributed by atoms with Gasteiger partial charge in [0.25, 0.3) is 11.8 Å². The van der Waals surface area contributed by atoms with Gasteiger partial charge >= 0.3 is 6.03 Å². The molecule has 2 atom stereocenters. The summed E-state index contributed by atoms with van der Waals surface area (Å²) in [5.74, 6) is -0.979. The number of phenolic OH excluding ortho intramolecular Hbond substituents is 2. The lowest BCUT2D eigenvalue weighted by Gasteiger charge is -2.39. The van der Waals surface area contributed by atoms with E-state index in [1.807, 2.05) is 24.3 Å². The van der Waals surface area contributed by atoms with Crippen LogP contribution in [0.1, 0.15) is 49.5 Å². The lowest BCUT2D eigenvalue weighted by atomic mass is 9.93. The Balaban J connectivity index is 1.19. The van der Waals surface area contributed by atoms with Crippen LogP contribution in [-0.2, 0) is 4.84 Å². The van der Waals surface area contributed by atoms with Gasteiger partial charge in [-0.25, -0.2) is 10.3 Å². The third kappa shape index (κ3) is 8.18. The number of aromatic hydroxyl groups is 2. The lowest BCUT2D eigenvalue weighted by Crippen LogP contribution is -2.54. The Morgan fingerprint density at radius 2 is 1.45 bits per heavy atom. The Labute approximate surface area is 316 Å². The highest BCUT2D eigenvalue weighted by Gasteiger charge is 2.45. The van der Waals surface area contributed by atoms with Gasteiger partial charge in [-0.15, -0.1) is 0 Å². The number of nitrogens with zero attached hydrogens (tertiary/aromatic N) is 4. The van der Waals surface area contributed by atoms with Crippen molar-refractivity contribution in [2.75, 3.05) is 53.5 Å². The van der Waals surface area contributed by atoms with Gasteiger partial charge in [-0.3, -0.25) is 29.2 Å². The highest BCUT2D eigenvalue weighted by Crippen LogP contribution is 2.45. The SMILES string of the molecule is CONC(=O)c1cccc(C(=O)NCCN2CCN(C(=O)N3C(c4ccc(OC)cc4O)=N[C@@H](c4ccc(Cl)cc4)[C@H]3c3ccc(Cl)cc3)CC2)c1O. The molecule has 2 aliphatic rings. The van der Waals surface area contributed by atoms with Crippen LogP contribution in [0.5, 0.6) is 17.2 Å². The van der Waals surface area contributed by atoms with Crippen molar-refractivity contribution >= 4 is 46.9 Å². The number of piperazine rings is 1. The Hall–Kier alpha value is -5.34. The summed E-state index contributed by atoms with van der Waals surface area (Å²) in [7, 11) is 2.78. The van der Waals surface area contributed by atoms with Crippen LogP contribution in [0.4, 0.5) is 4.79 Å². The van der Waals surface area contributed by atoms with Crippen LogP contribution in [-0.4, -0.2) is 102 Å². The summed E-state index contributed by atoms with van der Waals surface area (Å²) < 4.78 is 5.31. The number of carbonyl (C=O) groups excluding carboxylic acids is 3. The van der Waals surface area contributed by atoms with E-state index in [2.05, 4.69) is 20.5 Å². The summed E-state index contributed by atoms with van der Waals surface area (Å²) >= 11 is 12.5. The molecule has 0 radical (unpaired) electrons. The topological polar surface area (TPSA) is 156 Å². The standard InChI is InChI=1S/C38H38Cl2N6O7/c1-52-27-14-15-28(31(47)22-27)35-42-32(23-6-10-25(39)11-7-23)33(24-8-12-26(40)13-9-24)46(35)38(51)45-20-18-44(19-21-45)17-16-41-36(49)29-4-3-5-30(34(29)48)37(50)43-53-2/h3-15,22,32-33,47-48H,16-21H2,1-2H3,(H,41,49)(H,43,50)/t32-,33+/m0/s1. The number of hydrogen-bond acceptors (Lipinski definition) is 9. The highest BCUT2D eigenvalue weighted by atomic mass is 35.5. The molecule has 0 unspecified atom stereocenters. The first-order chi connectivity index (χ1) is 25.6. The number of hydroxylamine groups is 1. The summed E-state index contributed by atoms with van der Waals surface area (Å²) in [4.78, 5) is 55.0. The van der Waals surface area contributed by atoms with E-state index in [1.165, 1.54) is 38.5 Å². The number of ether oxygens (including phenoxy) is 1. The van der Waals surface area contributed by atoms with E-state index in [-0.39, 0.29) is 29.5 Å². The maximum Gasteiger partial charge on any atom is 0.326 e. The Bertz CT molecular complexity index is 2000. The van der Waals surface area contributed by atoms with Crippen molar-refractivity contribution in [2.24, 2.45) is 4.99 Å². The third-order valence-electron chi connectivity index (χ3n) is 9.22. The van der Waals surface area contributed by atoms with E-state index in [0.29, 0.717) is 59.9 Å². The molecule has 4 amide bonds. The minimum Gasteiger partial charge on any atom is -0.507 e. The lowest BCUT2D eigenvalue weighted by molar-refractivity contribution is 0.0535. The largest absolute Gasteiger partial charge is 0.507 e. The van der Waals surface area contributed by atoms with Gasteiger partial charge in [0, 0.05) is 55.4 Å². The fourth-order valence-electron chi connectivity index (χ4n) is 6.48. The van der Waals surface area contributed by atoms with Crippen molar-refractivity contribution in [3.8, 4) is 17.2 Å². The van der Waals surface area contributed by atoms with Crippen molar-refractivity contribution in [2.45, 2.75) is 12.1 Å². The van der Waals surface area contributed by atoms with E-state index >= 15 is 0 Å². The molecular formula is C38H38Cl2N6O7. The zero-order valence-corrected chi connectivity index (χ0v) is 30.5. The smallest absolute Gasteiger partial charge is 0.326 e. The number of phenols is 2. The molecule has 0 bridgehead atoms. The quantitative estimate of drug-likeness (QED) is 0.156. The van der Waals surface area contributed by atoms with Crippen LogP contribution < -0.4 is 15.5 Å². The van der Waals surface area contributed by atoms with Crippen molar-refractivity contribution < 1.29 is 34.2 Å². The predicted octanol–water partition coefficient (Wildman–Crippen LogP) is 5.42. The number of methoxy groups -OCH3 is 1. The molecule has 13 nitrogen and oxygen atoms in total. The minimum atomic E-state index is -0.680. The Kier molecular flexibility index (Phi) is 11.7. The molecule has 53 heavy (non-hydrogen) atoms. The maximum atomic E-state index is 14.7. The second-order valence-electron chi connectivity index (χ2n) is 12.4. The predicted molar refractivity (Wildman–Crippen MR) is 200 cm³/mol.